The quantitative estimate of drug-likeness (QED) is 0.245. The van der Waals surface area contributed by atoms with E-state index in [0.717, 1.165) is 35.4 Å². The molecule has 39 heavy (non-hydrogen) atoms. The first-order valence-corrected chi connectivity index (χ1v) is 13.7. The van der Waals surface area contributed by atoms with E-state index in [1.165, 1.54) is 0 Å². The molecule has 3 aromatic rings. The van der Waals surface area contributed by atoms with Crippen molar-refractivity contribution in [3.05, 3.63) is 63.4 Å². The van der Waals surface area contributed by atoms with Gasteiger partial charge < -0.3 is 30.5 Å². The summed E-state index contributed by atoms with van der Waals surface area (Å²) in [6, 6.07) is 16.2. The van der Waals surface area contributed by atoms with Gasteiger partial charge in [-0.25, -0.2) is 14.4 Å². The number of nitrogens with zero attached hydrogens (tertiary/aromatic N) is 2. The van der Waals surface area contributed by atoms with Gasteiger partial charge in [0.25, 0.3) is 0 Å². The highest BCUT2D eigenvalue weighted by Crippen LogP contribution is 2.46. The molecule has 1 saturated heterocycles. The summed E-state index contributed by atoms with van der Waals surface area (Å²) < 4.78 is 5.64. The fraction of sp³-hybridized carbons (Fsp3) is 0.259. The number of aromatic carboxylic acids is 1. The Kier molecular flexibility index (Phi) is 9.06. The van der Waals surface area contributed by atoms with Crippen LogP contribution in [0.5, 0.6) is 5.75 Å². The van der Waals surface area contributed by atoms with Crippen molar-refractivity contribution in [1.29, 1.82) is 5.26 Å². The minimum Gasteiger partial charge on any atom is -0.479 e. The summed E-state index contributed by atoms with van der Waals surface area (Å²) in [7, 11) is 0. The van der Waals surface area contributed by atoms with E-state index >= 15 is 0 Å². The van der Waals surface area contributed by atoms with Gasteiger partial charge in [0.1, 0.15) is 0 Å². The van der Waals surface area contributed by atoms with Crippen molar-refractivity contribution in [3.63, 3.8) is 0 Å². The Bertz CT molecular complexity index is 1410. The zero-order valence-electron chi connectivity index (χ0n) is 20.6. The third-order valence-electron chi connectivity index (χ3n) is 6.23. The van der Waals surface area contributed by atoms with E-state index in [1.54, 1.807) is 29.2 Å². The SMILES string of the molecule is N#Cc1ccc(NC(=O)N2CCC(CNc3cccc(-c4sc(C(=O)O)c(OCC(=O)O)c4Br)c3)CC2)cc1. The van der Waals surface area contributed by atoms with Crippen molar-refractivity contribution in [1.82, 2.24) is 4.90 Å². The second-order valence-corrected chi connectivity index (χ2v) is 10.7. The molecule has 2 aromatic carbocycles. The molecule has 4 rings (SSSR count). The van der Waals surface area contributed by atoms with Crippen LogP contribution < -0.4 is 15.4 Å². The maximum absolute atomic E-state index is 12.6. The van der Waals surface area contributed by atoms with E-state index in [0.29, 0.717) is 46.2 Å². The molecule has 4 N–H and O–H groups in total. The fourth-order valence-corrected chi connectivity index (χ4v) is 6.08. The number of halogens is 1. The Morgan fingerprint density at radius 2 is 1.82 bits per heavy atom. The second-order valence-electron chi connectivity index (χ2n) is 8.90. The Balaban J connectivity index is 1.33. The van der Waals surface area contributed by atoms with E-state index in [4.69, 9.17) is 15.1 Å². The molecule has 0 radical (unpaired) electrons. The molecule has 0 spiro atoms. The van der Waals surface area contributed by atoms with Gasteiger partial charge in [-0.15, -0.1) is 11.3 Å². The summed E-state index contributed by atoms with van der Waals surface area (Å²) in [6.07, 6.45) is 1.69. The monoisotopic (exact) mass is 612 g/mol. The summed E-state index contributed by atoms with van der Waals surface area (Å²) in [5, 5.41) is 33.7. The number of urea groups is 1. The number of carbonyl (C=O) groups excluding carboxylic acids is 1. The average molecular weight is 613 g/mol. The number of carboxylic acids is 2. The number of hydrogen-bond donors (Lipinski definition) is 4. The maximum atomic E-state index is 12.6. The lowest BCUT2D eigenvalue weighted by Crippen LogP contribution is -2.42. The van der Waals surface area contributed by atoms with Crippen LogP contribution in [0.1, 0.15) is 28.1 Å². The number of nitrogens with one attached hydrogen (secondary N) is 2. The Morgan fingerprint density at radius 1 is 1.10 bits per heavy atom. The number of carboxylic acid groups (broad SMARTS) is 2. The van der Waals surface area contributed by atoms with E-state index in [9.17, 15) is 19.5 Å². The topological polar surface area (TPSA) is 152 Å². The first kappa shape index (κ1) is 27.9. The molecular formula is C27H25BrN4O6S. The number of likely N-dealkylation sites (tertiary alicyclic amines) is 1. The summed E-state index contributed by atoms with van der Waals surface area (Å²) in [5.41, 5.74) is 2.81. The van der Waals surface area contributed by atoms with Crippen molar-refractivity contribution in [2.75, 3.05) is 36.9 Å². The zero-order chi connectivity index (χ0) is 27.9. The lowest BCUT2D eigenvalue weighted by Gasteiger charge is -2.32. The molecule has 2 amide bonds. The largest absolute Gasteiger partial charge is 0.479 e. The number of rotatable bonds is 9. The number of benzene rings is 2. The van der Waals surface area contributed by atoms with E-state index in [1.807, 2.05) is 24.3 Å². The Morgan fingerprint density at radius 3 is 2.46 bits per heavy atom. The molecule has 12 heteroatoms. The normalized spacial score (nSPS) is 13.4. The highest BCUT2D eigenvalue weighted by Gasteiger charge is 2.25. The molecular weight excluding hydrogens is 588 g/mol. The number of ether oxygens (including phenoxy) is 1. The molecule has 0 unspecified atom stereocenters. The van der Waals surface area contributed by atoms with Crippen LogP contribution in [0.15, 0.2) is 53.0 Å². The number of carbonyl (C=O) groups is 3. The smallest absolute Gasteiger partial charge is 0.349 e. The van der Waals surface area contributed by atoms with Crippen molar-refractivity contribution in [2.45, 2.75) is 12.8 Å². The number of nitriles is 1. The van der Waals surface area contributed by atoms with Gasteiger partial charge in [0.05, 0.1) is 21.0 Å². The van der Waals surface area contributed by atoms with E-state index in [2.05, 4.69) is 32.6 Å². The van der Waals surface area contributed by atoms with Gasteiger partial charge in [0.15, 0.2) is 17.2 Å². The van der Waals surface area contributed by atoms with Crippen LogP contribution in [-0.4, -0.2) is 59.3 Å². The van der Waals surface area contributed by atoms with Crippen LogP contribution in [0.4, 0.5) is 16.2 Å². The second kappa shape index (κ2) is 12.6. The lowest BCUT2D eigenvalue weighted by molar-refractivity contribution is -0.139. The number of amides is 2. The molecule has 1 aliphatic heterocycles. The number of aliphatic carboxylic acids is 1. The molecule has 0 aliphatic carbocycles. The predicted molar refractivity (Wildman–Crippen MR) is 151 cm³/mol. The van der Waals surface area contributed by atoms with Crippen molar-refractivity contribution in [3.8, 4) is 22.3 Å². The number of thiophene rings is 1. The third kappa shape index (κ3) is 7.07. The summed E-state index contributed by atoms with van der Waals surface area (Å²) >= 11 is 4.40. The molecule has 1 aromatic heterocycles. The van der Waals surface area contributed by atoms with Crippen LogP contribution in [-0.2, 0) is 4.79 Å². The van der Waals surface area contributed by atoms with Gasteiger partial charge in [0, 0.05) is 31.0 Å². The minimum absolute atomic E-state index is 0.00163. The highest BCUT2D eigenvalue weighted by molar-refractivity contribution is 9.10. The van der Waals surface area contributed by atoms with Crippen LogP contribution in [0.25, 0.3) is 10.4 Å². The molecule has 10 nitrogen and oxygen atoms in total. The third-order valence-corrected chi connectivity index (χ3v) is 8.46. The van der Waals surface area contributed by atoms with Crippen molar-refractivity contribution >= 4 is 56.6 Å². The van der Waals surface area contributed by atoms with Gasteiger partial charge in [0.2, 0.25) is 0 Å². The van der Waals surface area contributed by atoms with Crippen LogP contribution in [0.3, 0.4) is 0 Å². The zero-order valence-corrected chi connectivity index (χ0v) is 23.0. The minimum atomic E-state index is -1.20. The lowest BCUT2D eigenvalue weighted by atomic mass is 9.97. The molecule has 0 atom stereocenters. The van der Waals surface area contributed by atoms with Gasteiger partial charge >= 0.3 is 18.0 Å². The van der Waals surface area contributed by atoms with E-state index < -0.39 is 18.5 Å². The van der Waals surface area contributed by atoms with Gasteiger partial charge in [-0.2, -0.15) is 5.26 Å². The highest BCUT2D eigenvalue weighted by atomic mass is 79.9. The van der Waals surface area contributed by atoms with Gasteiger partial charge in [-0.3, -0.25) is 0 Å². The van der Waals surface area contributed by atoms with Crippen LogP contribution in [0.2, 0.25) is 0 Å². The average Bonchev–Trinajstić information content (AvgIpc) is 3.27. The number of hydrogen-bond acceptors (Lipinski definition) is 7. The molecule has 1 aliphatic rings. The molecule has 0 saturated carbocycles. The Hall–Kier alpha value is -4.08. The summed E-state index contributed by atoms with van der Waals surface area (Å²) in [4.78, 5) is 37.5. The molecule has 202 valence electrons. The van der Waals surface area contributed by atoms with Gasteiger partial charge in [-0.1, -0.05) is 12.1 Å². The van der Waals surface area contributed by atoms with Crippen molar-refractivity contribution in [2.24, 2.45) is 5.92 Å². The van der Waals surface area contributed by atoms with Crippen molar-refractivity contribution < 1.29 is 29.3 Å². The summed E-state index contributed by atoms with van der Waals surface area (Å²) in [6.45, 7) is 1.33. The van der Waals surface area contributed by atoms with Crippen LogP contribution in [0, 0.1) is 17.2 Å². The first-order valence-electron chi connectivity index (χ1n) is 12.1. The van der Waals surface area contributed by atoms with E-state index in [-0.39, 0.29) is 16.7 Å². The fourth-order valence-electron chi connectivity index (χ4n) is 4.19. The van der Waals surface area contributed by atoms with Gasteiger partial charge in [-0.05, 0) is 76.7 Å². The number of piperidine rings is 1. The first-order chi connectivity index (χ1) is 18.7. The standard InChI is InChI=1S/C27H25BrN4O6S/c28-22-23(38-15-21(33)34)25(26(35)36)39-24(22)18-2-1-3-20(12-18)30-14-17-8-10-32(11-9-17)27(37)31-19-6-4-16(13-29)5-7-19/h1-7,12,17,30H,8-11,14-15H2,(H,31,37)(H,33,34)(H,35,36). The molecule has 2 heterocycles. The van der Waals surface area contributed by atoms with Crippen LogP contribution >= 0.6 is 27.3 Å². The Labute approximate surface area is 237 Å². The molecule has 0 bridgehead atoms. The molecule has 1 fully saturated rings. The maximum Gasteiger partial charge on any atom is 0.349 e. The predicted octanol–water partition coefficient (Wildman–Crippen LogP) is 5.57. The number of anilines is 2. The summed E-state index contributed by atoms with van der Waals surface area (Å²) in [5.74, 6) is -2.03.